The van der Waals surface area contributed by atoms with Gasteiger partial charge >= 0.3 is 5.69 Å². The van der Waals surface area contributed by atoms with E-state index < -0.39 is 5.82 Å². The number of anilines is 1. The van der Waals surface area contributed by atoms with E-state index in [1.54, 1.807) is 35.6 Å². The van der Waals surface area contributed by atoms with E-state index in [4.69, 9.17) is 21.1 Å². The molecule has 0 unspecified atom stereocenters. The first-order valence-electron chi connectivity index (χ1n) is 13.1. The van der Waals surface area contributed by atoms with Gasteiger partial charge in [-0.1, -0.05) is 24.2 Å². The van der Waals surface area contributed by atoms with Crippen molar-refractivity contribution in [2.45, 2.75) is 50.4 Å². The molecule has 1 fully saturated rings. The van der Waals surface area contributed by atoms with Gasteiger partial charge in [-0.2, -0.15) is 4.98 Å². The number of benzene rings is 2. The number of hydrogen-bond donors (Lipinski definition) is 0. The summed E-state index contributed by atoms with van der Waals surface area (Å²) in [4.78, 5) is 35.6. The molecule has 2 aliphatic rings. The average Bonchev–Trinajstić information content (AvgIpc) is 3.11. The van der Waals surface area contributed by atoms with Gasteiger partial charge in [-0.3, -0.25) is 9.36 Å². The molecule has 2 aromatic carbocycles. The lowest BCUT2D eigenvalue weighted by Gasteiger charge is -2.44. The van der Waals surface area contributed by atoms with Gasteiger partial charge in [-0.15, -0.1) is 11.8 Å². The second kappa shape index (κ2) is 11.5. The molecule has 8 nitrogen and oxygen atoms in total. The Morgan fingerprint density at radius 1 is 1.25 bits per heavy atom. The number of amides is 1. The van der Waals surface area contributed by atoms with Gasteiger partial charge < -0.3 is 19.3 Å². The zero-order valence-corrected chi connectivity index (χ0v) is 24.5. The monoisotopic (exact) mass is 586 g/mol. The number of piperazine rings is 1. The molecule has 3 aromatic rings. The Labute approximate surface area is 241 Å². The van der Waals surface area contributed by atoms with Crippen molar-refractivity contribution in [2.24, 2.45) is 0 Å². The van der Waals surface area contributed by atoms with Crippen molar-refractivity contribution in [2.75, 3.05) is 37.6 Å². The van der Waals surface area contributed by atoms with Crippen molar-refractivity contribution in [3.8, 4) is 11.1 Å². The van der Waals surface area contributed by atoms with Crippen LogP contribution in [0.5, 0.6) is 0 Å². The third-order valence-corrected chi connectivity index (χ3v) is 8.99. The number of rotatable bonds is 6. The van der Waals surface area contributed by atoms with Gasteiger partial charge in [0, 0.05) is 53.9 Å². The molecule has 1 amide bonds. The lowest BCUT2D eigenvalue weighted by atomic mass is 9.97. The molecule has 0 N–H and O–H groups in total. The van der Waals surface area contributed by atoms with Crippen molar-refractivity contribution >= 4 is 46.0 Å². The van der Waals surface area contributed by atoms with Crippen LogP contribution in [0.4, 0.5) is 10.2 Å². The summed E-state index contributed by atoms with van der Waals surface area (Å²) in [7, 11) is 1.56. The van der Waals surface area contributed by atoms with Gasteiger partial charge in [-0.25, -0.2) is 9.18 Å². The number of ether oxygens (including phenoxy) is 2. The summed E-state index contributed by atoms with van der Waals surface area (Å²) in [5.41, 5.74) is 2.98. The third kappa shape index (κ3) is 5.13. The minimum Gasteiger partial charge on any atom is -0.359 e. The molecule has 0 spiro atoms. The molecular formula is C29H32ClFN4O4S. The molecule has 1 saturated heterocycles. The molecule has 1 aromatic heterocycles. The molecule has 11 heteroatoms. The maximum Gasteiger partial charge on any atom is 0.350 e. The molecule has 3 atom stereocenters. The molecule has 0 saturated carbocycles. The molecule has 212 valence electrons. The van der Waals surface area contributed by atoms with Crippen molar-refractivity contribution < 1.29 is 18.7 Å². The fourth-order valence-corrected chi connectivity index (χ4v) is 7.33. The van der Waals surface area contributed by atoms with Crippen molar-refractivity contribution in [1.29, 1.82) is 0 Å². The Morgan fingerprint density at radius 3 is 2.62 bits per heavy atom. The largest absolute Gasteiger partial charge is 0.359 e. The number of nitrogens with zero attached hydrogens (tertiary/aromatic N) is 4. The topological polar surface area (TPSA) is 76.9 Å². The standard InChI is InChI=1S/C29H32ClFN4O4S/c1-6-24(36)35-17(3)11-33(12-18(35)4)28-21-9-16(2)25(19-7-8-23(31)22(30)10-19)27-26(21)34(29(37)32-28)13-20(14-40-27)39-15-38-5/h6-10,17-18,20H,1,11-15H2,2-5H3/t17-,18+,20-/m1/s1. The number of aromatic nitrogens is 2. The van der Waals surface area contributed by atoms with E-state index in [2.05, 4.69) is 16.5 Å². The zero-order chi connectivity index (χ0) is 28.7. The lowest BCUT2D eigenvalue weighted by Crippen LogP contribution is -2.58. The Morgan fingerprint density at radius 2 is 1.98 bits per heavy atom. The van der Waals surface area contributed by atoms with Gasteiger partial charge in [0.05, 0.1) is 23.2 Å². The number of hydrogen-bond acceptors (Lipinski definition) is 7. The molecule has 3 heterocycles. The van der Waals surface area contributed by atoms with Crippen LogP contribution < -0.4 is 10.6 Å². The third-order valence-electron chi connectivity index (χ3n) is 7.47. The van der Waals surface area contributed by atoms with E-state index >= 15 is 0 Å². The first-order valence-corrected chi connectivity index (χ1v) is 14.5. The molecular weight excluding hydrogens is 555 g/mol. The summed E-state index contributed by atoms with van der Waals surface area (Å²) in [5, 5.41) is 0.874. The normalized spacial score (nSPS) is 21.0. The predicted octanol–water partition coefficient (Wildman–Crippen LogP) is 4.87. The van der Waals surface area contributed by atoms with Crippen LogP contribution in [-0.2, 0) is 20.8 Å². The summed E-state index contributed by atoms with van der Waals surface area (Å²) in [6, 6.07) is 6.52. The smallest absolute Gasteiger partial charge is 0.350 e. The quantitative estimate of drug-likeness (QED) is 0.301. The zero-order valence-electron chi connectivity index (χ0n) is 22.9. The van der Waals surface area contributed by atoms with Crippen LogP contribution in [0.25, 0.3) is 22.0 Å². The van der Waals surface area contributed by atoms with Crippen LogP contribution in [0.1, 0.15) is 19.4 Å². The Hall–Kier alpha value is -2.92. The predicted molar refractivity (Wildman–Crippen MR) is 157 cm³/mol. The van der Waals surface area contributed by atoms with Crippen molar-refractivity contribution in [3.05, 3.63) is 63.8 Å². The highest BCUT2D eigenvalue weighted by atomic mass is 35.5. The van der Waals surface area contributed by atoms with Gasteiger partial charge in [-0.05, 0) is 56.2 Å². The highest BCUT2D eigenvalue weighted by Gasteiger charge is 2.34. The summed E-state index contributed by atoms with van der Waals surface area (Å²) in [6.07, 6.45) is 1.05. The Bertz CT molecular complexity index is 1530. The minimum absolute atomic E-state index is 0.0341. The van der Waals surface area contributed by atoms with Gasteiger partial charge in [0.2, 0.25) is 5.91 Å². The summed E-state index contributed by atoms with van der Waals surface area (Å²) in [6.45, 7) is 11.1. The fourth-order valence-electron chi connectivity index (χ4n) is 5.82. The second-order valence-corrected chi connectivity index (χ2v) is 11.7. The van der Waals surface area contributed by atoms with Gasteiger partial charge in [0.25, 0.3) is 0 Å². The highest BCUT2D eigenvalue weighted by Crippen LogP contribution is 2.44. The van der Waals surface area contributed by atoms with E-state index in [9.17, 15) is 14.0 Å². The highest BCUT2D eigenvalue weighted by molar-refractivity contribution is 7.99. The van der Waals surface area contributed by atoms with Crippen LogP contribution in [0, 0.1) is 12.7 Å². The number of halogens is 2. The fraction of sp³-hybridized carbons (Fsp3) is 0.414. The Balaban J connectivity index is 1.71. The maximum absolute atomic E-state index is 14.1. The number of carbonyl (C=O) groups excluding carboxylic acids is 1. The molecule has 2 aliphatic heterocycles. The van der Waals surface area contributed by atoms with E-state index in [1.807, 2.05) is 31.7 Å². The van der Waals surface area contributed by atoms with E-state index in [1.165, 1.54) is 12.1 Å². The first-order chi connectivity index (χ1) is 19.1. The van der Waals surface area contributed by atoms with Crippen LogP contribution in [0.2, 0.25) is 5.02 Å². The van der Waals surface area contributed by atoms with Crippen LogP contribution in [0.3, 0.4) is 0 Å². The van der Waals surface area contributed by atoms with Gasteiger partial charge in [0.15, 0.2) is 0 Å². The summed E-state index contributed by atoms with van der Waals surface area (Å²) in [5.74, 6) is 0.566. The van der Waals surface area contributed by atoms with E-state index in [0.717, 1.165) is 32.5 Å². The number of thioether (sulfide) groups is 1. The number of methoxy groups -OCH3 is 1. The SMILES string of the molecule is C=CC(=O)N1[C@H](C)CN(c2nc(=O)n3c4c(c(-c5ccc(F)c(Cl)c5)c(C)cc24)SC[C@H](OCOC)C3)C[C@@H]1C. The van der Waals surface area contributed by atoms with Gasteiger partial charge in [0.1, 0.15) is 18.4 Å². The lowest BCUT2D eigenvalue weighted by molar-refractivity contribution is -0.130. The molecule has 0 radical (unpaired) electrons. The van der Waals surface area contributed by atoms with Crippen molar-refractivity contribution in [3.63, 3.8) is 0 Å². The van der Waals surface area contributed by atoms with Crippen molar-refractivity contribution in [1.82, 2.24) is 14.5 Å². The van der Waals surface area contributed by atoms with E-state index in [-0.39, 0.29) is 41.6 Å². The molecule has 40 heavy (non-hydrogen) atoms. The first kappa shape index (κ1) is 28.6. The number of carbonyl (C=O) groups is 1. The second-order valence-electron chi connectivity index (χ2n) is 10.3. The summed E-state index contributed by atoms with van der Waals surface area (Å²) < 4.78 is 26.8. The minimum atomic E-state index is -0.490. The maximum atomic E-state index is 14.1. The average molecular weight is 587 g/mol. The molecule has 5 rings (SSSR count). The number of aryl methyl sites for hydroxylation is 1. The van der Waals surface area contributed by atoms with Crippen LogP contribution in [0.15, 0.2) is 46.6 Å². The Kier molecular flexibility index (Phi) is 8.24. The molecule has 0 aliphatic carbocycles. The molecule has 0 bridgehead atoms. The summed E-state index contributed by atoms with van der Waals surface area (Å²) >= 11 is 7.78. The van der Waals surface area contributed by atoms with Crippen LogP contribution in [-0.4, -0.2) is 71.3 Å². The van der Waals surface area contributed by atoms with E-state index in [0.29, 0.717) is 31.2 Å². The van der Waals surface area contributed by atoms with Crippen LogP contribution >= 0.6 is 23.4 Å².